The number of hydrogen-bond donors (Lipinski definition) is 6. The van der Waals surface area contributed by atoms with Gasteiger partial charge in [-0.1, -0.05) is 13.8 Å². The molecule has 0 aromatic rings. The van der Waals surface area contributed by atoms with E-state index in [1.54, 1.807) is 13.8 Å². The maximum absolute atomic E-state index is 10.1. The molecule has 2 rings (SSSR count). The van der Waals surface area contributed by atoms with E-state index in [1.165, 1.54) is 6.92 Å². The predicted molar refractivity (Wildman–Crippen MR) is 90.3 cm³/mol. The Kier molecular flexibility index (Phi) is 8.12. The SMILES string of the molecule is CC(C)[C@H](C#N)O[C@@H]1O[C@H](CO[C@@H]2O[C@@H](C)[C@H](O)[C@@H](O)[C@H]2O)[C@@H](O)[C@H](O)[C@H]1O. The Hall–Kier alpha value is -0.910. The van der Waals surface area contributed by atoms with Crippen LogP contribution in [0.4, 0.5) is 0 Å². The first-order valence-corrected chi connectivity index (χ1v) is 9.14. The molecule has 2 fully saturated rings. The molecule has 0 aliphatic carbocycles. The average Bonchev–Trinajstić information content (AvgIpc) is 2.66. The van der Waals surface area contributed by atoms with E-state index in [1.807, 2.05) is 6.07 Å². The van der Waals surface area contributed by atoms with Gasteiger partial charge in [0.15, 0.2) is 12.6 Å². The van der Waals surface area contributed by atoms with Crippen LogP contribution in [-0.4, -0.2) is 105 Å². The summed E-state index contributed by atoms with van der Waals surface area (Å²) in [7, 11) is 0. The second kappa shape index (κ2) is 9.73. The van der Waals surface area contributed by atoms with Crippen LogP contribution < -0.4 is 0 Å². The van der Waals surface area contributed by atoms with Crippen molar-refractivity contribution < 1.29 is 49.6 Å². The first kappa shape index (κ1) is 23.4. The van der Waals surface area contributed by atoms with Gasteiger partial charge >= 0.3 is 0 Å². The van der Waals surface area contributed by atoms with Crippen molar-refractivity contribution in [2.75, 3.05) is 6.61 Å². The Bertz CT molecular complexity index is 543. The molecule has 2 saturated heterocycles. The van der Waals surface area contributed by atoms with Gasteiger partial charge in [-0.05, 0) is 12.8 Å². The van der Waals surface area contributed by atoms with E-state index in [9.17, 15) is 30.6 Å². The third kappa shape index (κ3) is 4.98. The number of nitrogens with zero attached hydrogens (tertiary/aromatic N) is 1. The van der Waals surface area contributed by atoms with Crippen LogP contribution in [0.2, 0.25) is 0 Å². The molecule has 0 radical (unpaired) electrons. The zero-order valence-corrected chi connectivity index (χ0v) is 15.9. The number of aliphatic hydroxyl groups is 6. The number of nitriles is 1. The van der Waals surface area contributed by atoms with Crippen LogP contribution in [0, 0.1) is 17.2 Å². The van der Waals surface area contributed by atoms with Gasteiger partial charge in [0.1, 0.15) is 48.8 Å². The van der Waals surface area contributed by atoms with Gasteiger partial charge in [0, 0.05) is 0 Å². The third-order valence-electron chi connectivity index (χ3n) is 4.92. The van der Waals surface area contributed by atoms with Gasteiger partial charge in [-0.25, -0.2) is 0 Å². The Balaban J connectivity index is 2.01. The summed E-state index contributed by atoms with van der Waals surface area (Å²) in [6, 6.07) is 1.92. The predicted octanol–water partition coefficient (Wildman–Crippen LogP) is -2.80. The molecule has 0 unspecified atom stereocenters. The van der Waals surface area contributed by atoms with E-state index in [-0.39, 0.29) is 12.5 Å². The number of rotatable bonds is 6. The van der Waals surface area contributed by atoms with Crippen LogP contribution in [0.25, 0.3) is 0 Å². The summed E-state index contributed by atoms with van der Waals surface area (Å²) in [5.74, 6) is -0.209. The van der Waals surface area contributed by atoms with Gasteiger partial charge in [0.05, 0.1) is 18.8 Å². The highest BCUT2D eigenvalue weighted by Gasteiger charge is 2.47. The quantitative estimate of drug-likeness (QED) is 0.267. The summed E-state index contributed by atoms with van der Waals surface area (Å²) in [5.41, 5.74) is 0. The Labute approximate surface area is 162 Å². The average molecular weight is 407 g/mol. The van der Waals surface area contributed by atoms with Gasteiger partial charge in [-0.3, -0.25) is 0 Å². The fourth-order valence-corrected chi connectivity index (χ4v) is 2.99. The minimum absolute atomic E-state index is 0.209. The number of ether oxygens (including phenoxy) is 4. The topological polar surface area (TPSA) is 182 Å². The van der Waals surface area contributed by atoms with Crippen LogP contribution >= 0.6 is 0 Å². The number of hydrogen-bond acceptors (Lipinski definition) is 11. The third-order valence-corrected chi connectivity index (χ3v) is 4.92. The first-order chi connectivity index (χ1) is 13.1. The van der Waals surface area contributed by atoms with Crippen molar-refractivity contribution in [1.29, 1.82) is 5.26 Å². The minimum atomic E-state index is -1.62. The molecule has 0 bridgehead atoms. The molecule has 0 saturated carbocycles. The van der Waals surface area contributed by atoms with E-state index in [2.05, 4.69) is 0 Å². The van der Waals surface area contributed by atoms with Crippen LogP contribution in [0.5, 0.6) is 0 Å². The van der Waals surface area contributed by atoms with Gasteiger partial charge in [-0.2, -0.15) is 5.26 Å². The van der Waals surface area contributed by atoms with Crippen molar-refractivity contribution in [3.8, 4) is 6.07 Å². The molecule has 11 atom stereocenters. The standard InChI is InChI=1S/C17H29NO10/c1-6(2)8(4-18)27-17-15(24)13(22)11(20)9(28-17)5-25-16-14(23)12(21)10(19)7(3)26-16/h6-17,19-24H,5H2,1-3H3/t7-,8-,9+,10-,11+,12+,13-,14+,15+,16+,17+/m0/s1. The molecule has 0 spiro atoms. The van der Waals surface area contributed by atoms with Crippen molar-refractivity contribution in [3.05, 3.63) is 0 Å². The zero-order chi connectivity index (χ0) is 21.2. The lowest BCUT2D eigenvalue weighted by molar-refractivity contribution is -0.332. The van der Waals surface area contributed by atoms with Gasteiger partial charge in [0.2, 0.25) is 0 Å². The molecule has 28 heavy (non-hydrogen) atoms. The van der Waals surface area contributed by atoms with Crippen LogP contribution in [0.3, 0.4) is 0 Å². The summed E-state index contributed by atoms with van der Waals surface area (Å²) < 4.78 is 21.5. The van der Waals surface area contributed by atoms with E-state index >= 15 is 0 Å². The molecule has 2 aliphatic rings. The molecule has 2 heterocycles. The summed E-state index contributed by atoms with van der Waals surface area (Å²) in [5, 5.41) is 68.9. The fraction of sp³-hybridized carbons (Fsp3) is 0.941. The normalized spacial score (nSPS) is 45.6. The second-order valence-corrected chi connectivity index (χ2v) is 7.46. The van der Waals surface area contributed by atoms with Crippen molar-refractivity contribution in [3.63, 3.8) is 0 Å². The first-order valence-electron chi connectivity index (χ1n) is 9.14. The molecule has 0 aromatic heterocycles. The molecule has 11 heteroatoms. The van der Waals surface area contributed by atoms with Crippen molar-refractivity contribution >= 4 is 0 Å². The highest BCUT2D eigenvalue weighted by molar-refractivity contribution is 4.93. The van der Waals surface area contributed by atoms with E-state index < -0.39 is 67.5 Å². The van der Waals surface area contributed by atoms with Crippen LogP contribution in [0.1, 0.15) is 20.8 Å². The Morgan fingerprint density at radius 3 is 2.00 bits per heavy atom. The lowest BCUT2D eigenvalue weighted by Gasteiger charge is -2.42. The lowest BCUT2D eigenvalue weighted by Crippen LogP contribution is -2.61. The maximum atomic E-state index is 10.1. The molecule has 0 aromatic carbocycles. The molecule has 2 aliphatic heterocycles. The highest BCUT2D eigenvalue weighted by atomic mass is 16.7. The highest BCUT2D eigenvalue weighted by Crippen LogP contribution is 2.27. The monoisotopic (exact) mass is 407 g/mol. The molecule has 6 N–H and O–H groups in total. The molecule has 162 valence electrons. The maximum Gasteiger partial charge on any atom is 0.188 e. The summed E-state index contributed by atoms with van der Waals surface area (Å²) >= 11 is 0. The number of aliphatic hydroxyl groups excluding tert-OH is 6. The van der Waals surface area contributed by atoms with E-state index in [0.717, 1.165) is 0 Å². The fourth-order valence-electron chi connectivity index (χ4n) is 2.99. The molecular formula is C17H29NO10. The second-order valence-electron chi connectivity index (χ2n) is 7.46. The minimum Gasteiger partial charge on any atom is -0.388 e. The van der Waals surface area contributed by atoms with Gasteiger partial charge < -0.3 is 49.6 Å². The summed E-state index contributed by atoms with van der Waals surface area (Å²) in [6.45, 7) is 4.57. The lowest BCUT2D eigenvalue weighted by atomic mass is 9.98. The zero-order valence-electron chi connectivity index (χ0n) is 15.9. The summed E-state index contributed by atoms with van der Waals surface area (Å²) in [4.78, 5) is 0. The van der Waals surface area contributed by atoms with Crippen molar-refractivity contribution in [2.45, 2.75) is 88.3 Å². The summed E-state index contributed by atoms with van der Waals surface area (Å²) in [6.07, 6.45) is -14.7. The van der Waals surface area contributed by atoms with E-state index in [0.29, 0.717) is 0 Å². The largest absolute Gasteiger partial charge is 0.388 e. The Morgan fingerprint density at radius 1 is 0.857 bits per heavy atom. The van der Waals surface area contributed by atoms with Crippen LogP contribution in [-0.2, 0) is 18.9 Å². The van der Waals surface area contributed by atoms with Crippen molar-refractivity contribution in [2.24, 2.45) is 5.92 Å². The van der Waals surface area contributed by atoms with E-state index in [4.69, 9.17) is 24.2 Å². The molecule has 11 nitrogen and oxygen atoms in total. The van der Waals surface area contributed by atoms with Gasteiger partial charge in [0.25, 0.3) is 0 Å². The van der Waals surface area contributed by atoms with Crippen LogP contribution in [0.15, 0.2) is 0 Å². The molecule has 0 amide bonds. The smallest absolute Gasteiger partial charge is 0.188 e. The Morgan fingerprint density at radius 2 is 1.43 bits per heavy atom. The van der Waals surface area contributed by atoms with Crippen molar-refractivity contribution in [1.82, 2.24) is 0 Å². The molecular weight excluding hydrogens is 378 g/mol. The van der Waals surface area contributed by atoms with Gasteiger partial charge in [-0.15, -0.1) is 0 Å².